The van der Waals surface area contributed by atoms with Crippen LogP contribution in [0, 0.1) is 0 Å². The summed E-state index contributed by atoms with van der Waals surface area (Å²) in [7, 11) is 5.15. The highest BCUT2D eigenvalue weighted by molar-refractivity contribution is 9.10. The Kier molecular flexibility index (Phi) is 6.16. The Balaban J connectivity index is 2.58. The van der Waals surface area contributed by atoms with Gasteiger partial charge in [0.2, 0.25) is 11.8 Å². The summed E-state index contributed by atoms with van der Waals surface area (Å²) in [5, 5.41) is 2.83. The topological polar surface area (TPSA) is 52.7 Å². The van der Waals surface area contributed by atoms with E-state index in [1.165, 1.54) is 4.90 Å². The number of anilines is 1. The molecule has 1 aromatic carbocycles. The molecule has 0 spiro atoms. The maximum absolute atomic E-state index is 12.1. The molecule has 0 unspecified atom stereocenters. The molecule has 5 nitrogen and oxygen atoms in total. The van der Waals surface area contributed by atoms with Crippen LogP contribution in [0.25, 0.3) is 0 Å². The van der Waals surface area contributed by atoms with Crippen LogP contribution in [0.4, 0.5) is 5.69 Å². The lowest BCUT2D eigenvalue weighted by Crippen LogP contribution is -2.44. The number of hydrogen-bond acceptors (Lipinski definition) is 3. The average molecular weight is 342 g/mol. The molecule has 1 N–H and O–H groups in total. The third-order valence-corrected chi connectivity index (χ3v) is 3.56. The Morgan fingerprint density at radius 1 is 1.20 bits per heavy atom. The third-order valence-electron chi connectivity index (χ3n) is 3.04. The number of likely N-dealkylation sites (N-methyl/N-ethyl adjacent to an activating group) is 2. The largest absolute Gasteiger partial charge is 0.348 e. The first-order valence-electron chi connectivity index (χ1n) is 6.28. The predicted molar refractivity (Wildman–Crippen MR) is 83.6 cm³/mol. The van der Waals surface area contributed by atoms with Crippen molar-refractivity contribution >= 4 is 33.4 Å². The summed E-state index contributed by atoms with van der Waals surface area (Å²) in [5.41, 5.74) is 0.734. The highest BCUT2D eigenvalue weighted by Gasteiger charge is 2.20. The number of nitrogens with one attached hydrogen (secondary N) is 1. The summed E-state index contributed by atoms with van der Waals surface area (Å²) in [6, 6.07) is 6.97. The van der Waals surface area contributed by atoms with Crippen LogP contribution >= 0.6 is 15.9 Å². The van der Waals surface area contributed by atoms with Crippen molar-refractivity contribution in [2.24, 2.45) is 0 Å². The summed E-state index contributed by atoms with van der Waals surface area (Å²) in [6.07, 6.45) is 0. The number of carbonyl (C=O) groups excluding carboxylic acids is 2. The van der Waals surface area contributed by atoms with E-state index >= 15 is 0 Å². The Hall–Kier alpha value is -1.40. The van der Waals surface area contributed by atoms with E-state index in [0.717, 1.165) is 10.2 Å². The number of amides is 2. The molecule has 0 radical (unpaired) electrons. The van der Waals surface area contributed by atoms with Gasteiger partial charge in [0, 0.05) is 24.3 Å². The first kappa shape index (κ1) is 16.7. The first-order chi connectivity index (χ1) is 9.31. The van der Waals surface area contributed by atoms with Crippen molar-refractivity contribution in [1.29, 1.82) is 0 Å². The lowest BCUT2D eigenvalue weighted by Gasteiger charge is -2.24. The highest BCUT2D eigenvalue weighted by Crippen LogP contribution is 2.14. The standard InChI is InChI=1S/C14H20BrN3O2/c1-10(18(4)9-13(19)17(2)3)14(20)16-12-7-5-11(15)6-8-12/h5-8,10H,9H2,1-4H3,(H,16,20)/t10-/m0/s1. The van der Waals surface area contributed by atoms with Crippen LogP contribution in [0.3, 0.4) is 0 Å². The van der Waals surface area contributed by atoms with Crippen LogP contribution in [0.1, 0.15) is 6.92 Å². The molecule has 0 aromatic heterocycles. The van der Waals surface area contributed by atoms with Gasteiger partial charge in [-0.2, -0.15) is 0 Å². The van der Waals surface area contributed by atoms with Crippen LogP contribution in [0.5, 0.6) is 0 Å². The van der Waals surface area contributed by atoms with Crippen molar-refractivity contribution in [2.45, 2.75) is 13.0 Å². The highest BCUT2D eigenvalue weighted by atomic mass is 79.9. The van der Waals surface area contributed by atoms with Gasteiger partial charge in [-0.1, -0.05) is 15.9 Å². The van der Waals surface area contributed by atoms with Crippen molar-refractivity contribution in [3.63, 3.8) is 0 Å². The van der Waals surface area contributed by atoms with E-state index in [0.29, 0.717) is 0 Å². The fourth-order valence-corrected chi connectivity index (χ4v) is 1.74. The van der Waals surface area contributed by atoms with Gasteiger partial charge in [0.15, 0.2) is 0 Å². The molecule has 2 amide bonds. The SMILES string of the molecule is C[C@@H](C(=O)Nc1ccc(Br)cc1)N(C)CC(=O)N(C)C. The van der Waals surface area contributed by atoms with Gasteiger partial charge < -0.3 is 10.2 Å². The molecular weight excluding hydrogens is 322 g/mol. The fraction of sp³-hybridized carbons (Fsp3) is 0.429. The van der Waals surface area contributed by atoms with E-state index in [2.05, 4.69) is 21.2 Å². The van der Waals surface area contributed by atoms with Crippen LogP contribution in [0.2, 0.25) is 0 Å². The van der Waals surface area contributed by atoms with Gasteiger partial charge >= 0.3 is 0 Å². The number of rotatable bonds is 5. The Bertz CT molecular complexity index is 474. The van der Waals surface area contributed by atoms with Crippen molar-refractivity contribution in [3.8, 4) is 0 Å². The van der Waals surface area contributed by atoms with Crippen LogP contribution in [-0.2, 0) is 9.59 Å². The molecular formula is C14H20BrN3O2. The molecule has 0 saturated heterocycles. The fourth-order valence-electron chi connectivity index (χ4n) is 1.47. The van der Waals surface area contributed by atoms with E-state index in [9.17, 15) is 9.59 Å². The Morgan fingerprint density at radius 2 is 1.75 bits per heavy atom. The second kappa shape index (κ2) is 7.40. The second-order valence-corrected chi connectivity index (χ2v) is 5.79. The molecule has 6 heteroatoms. The van der Waals surface area contributed by atoms with Gasteiger partial charge in [0.05, 0.1) is 12.6 Å². The summed E-state index contributed by atoms with van der Waals surface area (Å²) in [6.45, 7) is 1.99. The van der Waals surface area contributed by atoms with Crippen molar-refractivity contribution in [3.05, 3.63) is 28.7 Å². The van der Waals surface area contributed by atoms with Crippen molar-refractivity contribution in [2.75, 3.05) is 33.0 Å². The minimum absolute atomic E-state index is 0.0317. The number of nitrogens with zero attached hydrogens (tertiary/aromatic N) is 2. The second-order valence-electron chi connectivity index (χ2n) is 4.88. The van der Waals surface area contributed by atoms with E-state index in [4.69, 9.17) is 0 Å². The van der Waals surface area contributed by atoms with Gasteiger partial charge in [-0.25, -0.2) is 0 Å². The Morgan fingerprint density at radius 3 is 2.25 bits per heavy atom. The van der Waals surface area contributed by atoms with Crippen LogP contribution in [-0.4, -0.2) is 55.3 Å². The van der Waals surface area contributed by atoms with Gasteiger partial charge in [-0.05, 0) is 38.2 Å². The zero-order valence-corrected chi connectivity index (χ0v) is 13.8. The maximum atomic E-state index is 12.1. The minimum atomic E-state index is -0.387. The summed E-state index contributed by atoms with van der Waals surface area (Å²) in [5.74, 6) is -0.169. The number of halogens is 1. The zero-order chi connectivity index (χ0) is 15.3. The molecule has 1 rings (SSSR count). The lowest BCUT2D eigenvalue weighted by molar-refractivity contribution is -0.131. The Labute approximate surface area is 128 Å². The molecule has 1 aromatic rings. The molecule has 0 saturated carbocycles. The quantitative estimate of drug-likeness (QED) is 0.888. The van der Waals surface area contributed by atoms with E-state index in [-0.39, 0.29) is 24.4 Å². The number of benzene rings is 1. The van der Waals surface area contributed by atoms with Gasteiger partial charge in [-0.3, -0.25) is 14.5 Å². The number of hydrogen-bond donors (Lipinski definition) is 1. The zero-order valence-electron chi connectivity index (χ0n) is 12.2. The molecule has 0 aliphatic carbocycles. The van der Waals surface area contributed by atoms with Crippen molar-refractivity contribution in [1.82, 2.24) is 9.80 Å². The minimum Gasteiger partial charge on any atom is -0.348 e. The molecule has 0 bridgehead atoms. The van der Waals surface area contributed by atoms with E-state index in [1.54, 1.807) is 33.0 Å². The third kappa shape index (κ3) is 4.94. The molecule has 0 heterocycles. The van der Waals surface area contributed by atoms with Gasteiger partial charge in [0.25, 0.3) is 0 Å². The molecule has 0 aliphatic rings. The molecule has 0 aliphatic heterocycles. The lowest BCUT2D eigenvalue weighted by atomic mass is 10.2. The van der Waals surface area contributed by atoms with E-state index in [1.807, 2.05) is 24.3 Å². The predicted octanol–water partition coefficient (Wildman–Crippen LogP) is 1.80. The summed E-state index contributed by atoms with van der Waals surface area (Å²) in [4.78, 5) is 27.0. The first-order valence-corrected chi connectivity index (χ1v) is 7.07. The average Bonchev–Trinajstić information content (AvgIpc) is 2.40. The monoisotopic (exact) mass is 341 g/mol. The smallest absolute Gasteiger partial charge is 0.241 e. The number of carbonyl (C=O) groups is 2. The summed E-state index contributed by atoms with van der Waals surface area (Å²) >= 11 is 3.34. The summed E-state index contributed by atoms with van der Waals surface area (Å²) < 4.78 is 0.956. The molecule has 0 fully saturated rings. The van der Waals surface area contributed by atoms with Crippen molar-refractivity contribution < 1.29 is 9.59 Å². The van der Waals surface area contributed by atoms with E-state index < -0.39 is 0 Å². The normalized spacial score (nSPS) is 12.1. The molecule has 110 valence electrons. The van der Waals surface area contributed by atoms with Gasteiger partial charge in [-0.15, -0.1) is 0 Å². The van der Waals surface area contributed by atoms with Gasteiger partial charge in [0.1, 0.15) is 0 Å². The molecule has 20 heavy (non-hydrogen) atoms. The van der Waals surface area contributed by atoms with Crippen LogP contribution < -0.4 is 5.32 Å². The van der Waals surface area contributed by atoms with Crippen LogP contribution in [0.15, 0.2) is 28.7 Å². The maximum Gasteiger partial charge on any atom is 0.241 e. The molecule has 1 atom stereocenters.